The summed E-state index contributed by atoms with van der Waals surface area (Å²) < 4.78 is 5.16. The average Bonchev–Trinajstić information content (AvgIpc) is 2.00. The summed E-state index contributed by atoms with van der Waals surface area (Å²) >= 11 is 17.5. The van der Waals surface area contributed by atoms with Crippen molar-refractivity contribution in [2.45, 2.75) is 31.7 Å². The fourth-order valence-corrected chi connectivity index (χ4v) is 3.57. The van der Waals surface area contributed by atoms with E-state index >= 15 is 0 Å². The van der Waals surface area contributed by atoms with Crippen LogP contribution in [0.4, 0.5) is 0 Å². The molecule has 6 heteroatoms. The van der Waals surface area contributed by atoms with Gasteiger partial charge in [0, 0.05) is 6.61 Å². The second-order valence-corrected chi connectivity index (χ2v) is 9.52. The molecule has 0 aliphatic carbocycles. The van der Waals surface area contributed by atoms with Gasteiger partial charge in [0.25, 0.3) is 0 Å². The molecule has 0 heterocycles. The summed E-state index contributed by atoms with van der Waals surface area (Å²) in [5.41, 5.74) is 0. The molecule has 0 amide bonds. The van der Waals surface area contributed by atoms with Crippen LogP contribution in [0.2, 0.25) is 6.04 Å². The summed E-state index contributed by atoms with van der Waals surface area (Å²) in [6.45, 7) is 1.17. The van der Waals surface area contributed by atoms with Crippen molar-refractivity contribution in [2.75, 3.05) is 6.61 Å². The molecule has 2 nitrogen and oxygen atoms in total. The van der Waals surface area contributed by atoms with Crippen molar-refractivity contribution in [3.05, 3.63) is 0 Å². The molecule has 0 spiro atoms. The van der Waals surface area contributed by atoms with Crippen LogP contribution < -0.4 is 0 Å². The van der Waals surface area contributed by atoms with E-state index in [1.165, 1.54) is 6.92 Å². The number of ketones is 1. The summed E-state index contributed by atoms with van der Waals surface area (Å²) in [4.78, 5) is 10.8. The molecule has 0 radical (unpaired) electrons. The predicted molar refractivity (Wildman–Crippen MR) is 58.8 cm³/mol. The Hall–Kier alpha value is 0.717. The van der Waals surface area contributed by atoms with Gasteiger partial charge in [0.1, 0.15) is 5.78 Å². The van der Waals surface area contributed by atoms with Gasteiger partial charge in [-0.3, -0.25) is 4.79 Å². The first-order chi connectivity index (χ1) is 5.89. The first-order valence-electron chi connectivity index (χ1n) is 4.05. The standard InChI is InChI=1S/C7H13Cl3O2Si/c1-3-12-13(9,10)5-4-7(8)6(2)11/h7H,3-5H2,1-2H3. The lowest BCUT2D eigenvalue weighted by molar-refractivity contribution is -0.116. The molecule has 1 atom stereocenters. The van der Waals surface area contributed by atoms with Gasteiger partial charge in [0.05, 0.1) is 5.38 Å². The molecular weight excluding hydrogens is 251 g/mol. The third-order valence-electron chi connectivity index (χ3n) is 1.49. The fraction of sp³-hybridized carbons (Fsp3) is 0.857. The molecule has 0 fully saturated rings. The Balaban J connectivity index is 3.80. The highest BCUT2D eigenvalue weighted by atomic mass is 35.7. The van der Waals surface area contributed by atoms with E-state index in [2.05, 4.69) is 0 Å². The average molecular weight is 264 g/mol. The third-order valence-corrected chi connectivity index (χ3v) is 5.38. The number of rotatable bonds is 6. The van der Waals surface area contributed by atoms with E-state index in [0.29, 0.717) is 19.1 Å². The summed E-state index contributed by atoms with van der Waals surface area (Å²) in [5, 5.41) is -0.496. The minimum Gasteiger partial charge on any atom is -0.393 e. The van der Waals surface area contributed by atoms with Gasteiger partial charge in [0.15, 0.2) is 0 Å². The summed E-state index contributed by atoms with van der Waals surface area (Å²) in [6, 6.07) is 0.484. The van der Waals surface area contributed by atoms with Crippen molar-refractivity contribution in [2.24, 2.45) is 0 Å². The number of halogens is 3. The van der Waals surface area contributed by atoms with E-state index in [1.807, 2.05) is 6.92 Å². The second kappa shape index (κ2) is 6.25. The SMILES string of the molecule is CCO[Si](Cl)(Cl)CCC(Cl)C(C)=O. The minimum absolute atomic E-state index is 0.0590. The van der Waals surface area contributed by atoms with Crippen molar-refractivity contribution < 1.29 is 9.22 Å². The van der Waals surface area contributed by atoms with Crippen LogP contribution in [0.15, 0.2) is 0 Å². The Morgan fingerprint density at radius 3 is 2.46 bits per heavy atom. The fourth-order valence-electron chi connectivity index (χ4n) is 0.781. The van der Waals surface area contributed by atoms with Gasteiger partial charge >= 0.3 is 6.94 Å². The van der Waals surface area contributed by atoms with Crippen LogP contribution in [0, 0.1) is 0 Å². The second-order valence-electron chi connectivity index (χ2n) is 2.69. The minimum atomic E-state index is -2.60. The van der Waals surface area contributed by atoms with Crippen molar-refractivity contribution in [1.82, 2.24) is 0 Å². The van der Waals surface area contributed by atoms with Crippen LogP contribution >= 0.6 is 33.8 Å². The maximum Gasteiger partial charge on any atom is 0.389 e. The van der Waals surface area contributed by atoms with Crippen LogP contribution in [0.5, 0.6) is 0 Å². The summed E-state index contributed by atoms with van der Waals surface area (Å²) in [6.07, 6.45) is 0.482. The van der Waals surface area contributed by atoms with Crippen LogP contribution in [0.25, 0.3) is 0 Å². The number of carbonyl (C=O) groups excluding carboxylic acids is 1. The molecule has 0 saturated carbocycles. The molecule has 0 bridgehead atoms. The smallest absolute Gasteiger partial charge is 0.389 e. The maximum absolute atomic E-state index is 10.8. The lowest BCUT2D eigenvalue weighted by Gasteiger charge is -2.16. The zero-order chi connectivity index (χ0) is 10.5. The highest BCUT2D eigenvalue weighted by Gasteiger charge is 2.31. The Bertz CT molecular complexity index is 175. The van der Waals surface area contributed by atoms with Crippen LogP contribution in [-0.4, -0.2) is 24.7 Å². The lowest BCUT2D eigenvalue weighted by Crippen LogP contribution is -2.26. The van der Waals surface area contributed by atoms with Gasteiger partial charge in [-0.05, 0) is 26.3 Å². The maximum atomic E-state index is 10.8. The summed E-state index contributed by atoms with van der Waals surface area (Å²) in [7, 11) is 0. The van der Waals surface area contributed by atoms with Crippen LogP contribution in [0.3, 0.4) is 0 Å². The highest BCUT2D eigenvalue weighted by molar-refractivity contribution is 7.42. The zero-order valence-electron chi connectivity index (χ0n) is 7.65. The van der Waals surface area contributed by atoms with E-state index in [9.17, 15) is 4.79 Å². The topological polar surface area (TPSA) is 26.3 Å². The number of carbonyl (C=O) groups is 1. The quantitative estimate of drug-likeness (QED) is 0.418. The molecule has 0 saturated heterocycles. The van der Waals surface area contributed by atoms with E-state index < -0.39 is 12.3 Å². The molecule has 0 rings (SSSR count). The molecule has 13 heavy (non-hydrogen) atoms. The van der Waals surface area contributed by atoms with Gasteiger partial charge in [0.2, 0.25) is 0 Å². The first kappa shape index (κ1) is 13.7. The van der Waals surface area contributed by atoms with Gasteiger partial charge in [-0.1, -0.05) is 0 Å². The Morgan fingerprint density at radius 2 is 2.08 bits per heavy atom. The molecule has 0 aromatic carbocycles. The Morgan fingerprint density at radius 1 is 1.54 bits per heavy atom. The van der Waals surface area contributed by atoms with Gasteiger partial charge in [-0.25, -0.2) is 0 Å². The summed E-state index contributed by atoms with van der Waals surface area (Å²) in [5.74, 6) is -0.0590. The van der Waals surface area contributed by atoms with Crippen molar-refractivity contribution in [3.63, 3.8) is 0 Å². The molecule has 1 unspecified atom stereocenters. The molecule has 0 aromatic rings. The van der Waals surface area contributed by atoms with Crippen LogP contribution in [0.1, 0.15) is 20.3 Å². The van der Waals surface area contributed by atoms with Gasteiger partial charge < -0.3 is 4.43 Å². The Labute approximate surface area is 94.0 Å². The lowest BCUT2D eigenvalue weighted by atomic mass is 10.2. The molecule has 78 valence electrons. The zero-order valence-corrected chi connectivity index (χ0v) is 10.9. The molecular formula is C7H13Cl3O2Si. The van der Waals surface area contributed by atoms with Gasteiger partial charge in [-0.15, -0.1) is 33.8 Å². The number of hydrogen-bond donors (Lipinski definition) is 0. The predicted octanol–water partition coefficient (Wildman–Crippen LogP) is 3.03. The largest absolute Gasteiger partial charge is 0.393 e. The highest BCUT2D eigenvalue weighted by Crippen LogP contribution is 2.25. The molecule has 0 N–H and O–H groups in total. The molecule has 0 aromatic heterocycles. The van der Waals surface area contributed by atoms with E-state index in [4.69, 9.17) is 38.2 Å². The molecule has 0 aliphatic heterocycles. The van der Waals surface area contributed by atoms with E-state index in [0.717, 1.165) is 0 Å². The van der Waals surface area contributed by atoms with Crippen LogP contribution in [-0.2, 0) is 9.22 Å². The van der Waals surface area contributed by atoms with Crippen molar-refractivity contribution in [3.8, 4) is 0 Å². The Kier molecular flexibility index (Phi) is 6.59. The van der Waals surface area contributed by atoms with Crippen molar-refractivity contribution in [1.29, 1.82) is 0 Å². The normalized spacial score (nSPS) is 14.2. The number of Topliss-reactive ketones (excluding diaryl/α,β-unsaturated/α-hetero) is 1. The molecule has 0 aliphatic rings. The number of hydrogen-bond acceptors (Lipinski definition) is 2. The number of alkyl halides is 1. The third kappa shape index (κ3) is 6.74. The van der Waals surface area contributed by atoms with Gasteiger partial charge in [-0.2, -0.15) is 0 Å². The monoisotopic (exact) mass is 262 g/mol. The van der Waals surface area contributed by atoms with Crippen molar-refractivity contribution >= 4 is 46.5 Å². The first-order valence-corrected chi connectivity index (χ1v) is 8.63. The van der Waals surface area contributed by atoms with E-state index in [-0.39, 0.29) is 5.78 Å². The van der Waals surface area contributed by atoms with E-state index in [1.54, 1.807) is 0 Å².